The lowest BCUT2D eigenvalue weighted by atomic mass is 9.98. The third-order valence-electron chi connectivity index (χ3n) is 13.7. The fourth-order valence-electron chi connectivity index (χ4n) is 9.04. The normalized spacial score (nSPS) is 25.2. The Morgan fingerprint density at radius 3 is 1.36 bits per heavy atom. The van der Waals surface area contributed by atoms with Gasteiger partial charge in [-0.3, -0.25) is 9.59 Å². The molecule has 2 saturated heterocycles. The topological polar surface area (TPSA) is 231 Å². The first kappa shape index (κ1) is 65.8. The van der Waals surface area contributed by atoms with Gasteiger partial charge in [0, 0.05) is 12.8 Å². The van der Waals surface area contributed by atoms with Crippen LogP contribution < -0.4 is 0 Å². The first-order valence-electron chi connectivity index (χ1n) is 28.6. The van der Waals surface area contributed by atoms with Crippen LogP contribution in [0.2, 0.25) is 0 Å². The van der Waals surface area contributed by atoms with Crippen LogP contribution in [0.3, 0.4) is 0 Å². The monoisotopic (exact) mass is 1030 g/mol. The molecule has 5 unspecified atom stereocenters. The molecule has 420 valence electrons. The summed E-state index contributed by atoms with van der Waals surface area (Å²) in [5.74, 6) is -0.940. The Hall–Kier alpha value is -2.28. The van der Waals surface area contributed by atoms with E-state index in [0.717, 1.165) is 57.8 Å². The Kier molecular flexibility index (Phi) is 40.1. The van der Waals surface area contributed by atoms with Gasteiger partial charge in [0.05, 0.1) is 19.8 Å². The van der Waals surface area contributed by atoms with Crippen molar-refractivity contribution in [3.63, 3.8) is 0 Å². The van der Waals surface area contributed by atoms with Gasteiger partial charge in [-0.2, -0.15) is 0 Å². The number of unbranched alkanes of at least 4 members (excludes halogenated alkanes) is 27. The van der Waals surface area contributed by atoms with Gasteiger partial charge < -0.3 is 64.2 Å². The largest absolute Gasteiger partial charge is 0.462 e. The number of hydrogen-bond acceptors (Lipinski definition) is 15. The minimum absolute atomic E-state index is 0.144. The highest BCUT2D eigenvalue weighted by molar-refractivity contribution is 5.70. The van der Waals surface area contributed by atoms with Crippen LogP contribution in [-0.2, 0) is 38.0 Å². The summed E-state index contributed by atoms with van der Waals surface area (Å²) >= 11 is 0. The Labute approximate surface area is 434 Å². The average Bonchev–Trinajstić information content (AvgIpc) is 3.37. The van der Waals surface area contributed by atoms with Gasteiger partial charge in [0.2, 0.25) is 0 Å². The summed E-state index contributed by atoms with van der Waals surface area (Å²) in [6.07, 6.45) is 31.9. The quantitative estimate of drug-likeness (QED) is 0.0171. The Morgan fingerprint density at radius 2 is 0.875 bits per heavy atom. The van der Waals surface area contributed by atoms with Crippen molar-refractivity contribution in [2.45, 2.75) is 287 Å². The van der Waals surface area contributed by atoms with Gasteiger partial charge in [0.25, 0.3) is 0 Å². The van der Waals surface area contributed by atoms with Gasteiger partial charge >= 0.3 is 11.9 Å². The first-order valence-corrected chi connectivity index (χ1v) is 28.6. The predicted molar refractivity (Wildman–Crippen MR) is 280 cm³/mol. The van der Waals surface area contributed by atoms with E-state index in [1.54, 1.807) is 0 Å². The summed E-state index contributed by atoms with van der Waals surface area (Å²) in [5.41, 5.74) is 0. The maximum Gasteiger partial charge on any atom is 0.306 e. The summed E-state index contributed by atoms with van der Waals surface area (Å²) in [7, 11) is 0. The van der Waals surface area contributed by atoms with Crippen molar-refractivity contribution < 1.29 is 73.8 Å². The molecule has 0 aromatic rings. The molecule has 2 fully saturated rings. The molecular weight excluding hydrogens is 925 g/mol. The van der Waals surface area contributed by atoms with Crippen molar-refractivity contribution >= 4 is 11.9 Å². The molecule has 0 amide bonds. The smallest absolute Gasteiger partial charge is 0.306 e. The van der Waals surface area contributed by atoms with E-state index in [1.807, 2.05) is 24.3 Å². The summed E-state index contributed by atoms with van der Waals surface area (Å²) in [6, 6.07) is 0. The fourth-order valence-corrected chi connectivity index (χ4v) is 9.04. The van der Waals surface area contributed by atoms with Crippen molar-refractivity contribution in [3.8, 4) is 0 Å². The van der Waals surface area contributed by atoms with E-state index in [4.69, 9.17) is 28.4 Å². The van der Waals surface area contributed by atoms with E-state index >= 15 is 0 Å². The number of carbonyl (C=O) groups is 2. The molecule has 0 aromatic heterocycles. The number of carbonyl (C=O) groups excluding carboxylic acids is 2. The van der Waals surface area contributed by atoms with Gasteiger partial charge in [-0.25, -0.2) is 0 Å². The molecule has 72 heavy (non-hydrogen) atoms. The minimum atomic E-state index is -1.77. The summed E-state index contributed by atoms with van der Waals surface area (Å²) in [5, 5.41) is 72.2. The first-order chi connectivity index (χ1) is 35.0. The van der Waals surface area contributed by atoms with Crippen LogP contribution in [0.25, 0.3) is 0 Å². The molecule has 7 N–H and O–H groups in total. The van der Waals surface area contributed by atoms with Gasteiger partial charge in [-0.05, 0) is 32.1 Å². The number of aliphatic hydroxyl groups is 7. The number of ether oxygens (including phenoxy) is 6. The van der Waals surface area contributed by atoms with Crippen LogP contribution in [0.15, 0.2) is 36.5 Å². The van der Waals surface area contributed by atoms with Crippen molar-refractivity contribution in [3.05, 3.63) is 36.5 Å². The van der Waals surface area contributed by atoms with E-state index in [-0.39, 0.29) is 26.1 Å². The van der Waals surface area contributed by atoms with Crippen LogP contribution in [0.5, 0.6) is 0 Å². The van der Waals surface area contributed by atoms with Crippen LogP contribution in [0.4, 0.5) is 0 Å². The lowest BCUT2D eigenvalue weighted by Crippen LogP contribution is -2.61. The molecule has 2 heterocycles. The third kappa shape index (κ3) is 30.9. The van der Waals surface area contributed by atoms with E-state index in [2.05, 4.69) is 26.0 Å². The maximum absolute atomic E-state index is 13.0. The SMILES string of the molecule is CC/C=C/C=C/C=C/CCCCCCCC(=O)OC(COC(=O)CCCCCCCCCCCCCCCCCCCCCCCCC)CO[C@@H]1O[C@H](CO[C@@H]2O[C@H](CO)[C@H](O)C(O)C2O)[C@H](O)C(O)C1O. The van der Waals surface area contributed by atoms with E-state index < -0.39 is 92.7 Å². The second-order valence-corrected chi connectivity index (χ2v) is 20.2. The van der Waals surface area contributed by atoms with E-state index in [1.165, 1.54) is 122 Å². The predicted octanol–water partition coefficient (Wildman–Crippen LogP) is 9.27. The number of allylic oxidation sites excluding steroid dienone is 6. The Bertz CT molecular complexity index is 1390. The van der Waals surface area contributed by atoms with E-state index in [9.17, 15) is 45.3 Å². The number of hydrogen-bond donors (Lipinski definition) is 7. The van der Waals surface area contributed by atoms with Crippen molar-refractivity contribution in [2.24, 2.45) is 0 Å². The van der Waals surface area contributed by atoms with Crippen LogP contribution in [0, 0.1) is 0 Å². The van der Waals surface area contributed by atoms with Crippen LogP contribution in [0.1, 0.15) is 219 Å². The molecule has 15 nitrogen and oxygen atoms in total. The highest BCUT2D eigenvalue weighted by Crippen LogP contribution is 2.27. The van der Waals surface area contributed by atoms with Gasteiger partial charge in [-0.1, -0.05) is 211 Å². The second-order valence-electron chi connectivity index (χ2n) is 20.2. The minimum Gasteiger partial charge on any atom is -0.462 e. The molecule has 0 aliphatic carbocycles. The second kappa shape index (κ2) is 43.9. The van der Waals surface area contributed by atoms with Gasteiger partial charge in [0.1, 0.15) is 55.4 Å². The summed E-state index contributed by atoms with van der Waals surface area (Å²) in [4.78, 5) is 25.8. The van der Waals surface area contributed by atoms with Crippen molar-refractivity contribution in [2.75, 3.05) is 26.4 Å². The van der Waals surface area contributed by atoms with E-state index in [0.29, 0.717) is 12.8 Å². The zero-order chi connectivity index (χ0) is 52.4. The maximum atomic E-state index is 13.0. The fraction of sp³-hybridized carbons (Fsp3) is 0.860. The highest BCUT2D eigenvalue weighted by Gasteiger charge is 2.47. The molecule has 0 radical (unpaired) electrons. The molecule has 0 aromatic carbocycles. The number of esters is 2. The molecule has 0 bridgehead atoms. The van der Waals surface area contributed by atoms with Crippen molar-refractivity contribution in [1.82, 2.24) is 0 Å². The lowest BCUT2D eigenvalue weighted by Gasteiger charge is -2.42. The molecule has 2 rings (SSSR count). The van der Waals surface area contributed by atoms with Gasteiger partial charge in [0.15, 0.2) is 18.7 Å². The average molecular weight is 1030 g/mol. The standard InChI is InChI=1S/C57H102O15/c1-3-5-7-9-11-13-15-17-18-19-20-21-22-23-24-25-26-28-29-31-33-35-37-39-48(59)67-42-45(70-49(60)40-38-36-34-32-30-27-16-14-12-10-8-6-4-2)43-68-56-55(66)53(64)51(62)47(72-56)44-69-57-54(65)52(63)50(61)46(41-58)71-57/h6,8,10,12,14,16,45-47,50-58,61-66H,3-5,7,9,11,13,15,17-44H2,1-2H3/b8-6+,12-10+,16-14+/t45?,46-,47-,50+,51+,52?,53?,54?,55?,56-,57-/m1/s1. The Balaban J connectivity index is 1.72. The lowest BCUT2D eigenvalue weighted by molar-refractivity contribution is -0.332. The third-order valence-corrected chi connectivity index (χ3v) is 13.7. The Morgan fingerprint density at radius 1 is 0.458 bits per heavy atom. The number of aliphatic hydroxyl groups excluding tert-OH is 7. The molecule has 15 heteroatoms. The highest BCUT2D eigenvalue weighted by atomic mass is 16.7. The summed E-state index contributed by atoms with van der Waals surface area (Å²) < 4.78 is 33.6. The van der Waals surface area contributed by atoms with Crippen LogP contribution >= 0.6 is 0 Å². The summed E-state index contributed by atoms with van der Waals surface area (Å²) in [6.45, 7) is 2.46. The van der Waals surface area contributed by atoms with Crippen molar-refractivity contribution in [1.29, 1.82) is 0 Å². The molecular formula is C57H102O15. The van der Waals surface area contributed by atoms with Crippen LogP contribution in [-0.4, -0.2) is 142 Å². The molecule has 11 atom stereocenters. The van der Waals surface area contributed by atoms with Gasteiger partial charge in [-0.15, -0.1) is 0 Å². The zero-order valence-electron chi connectivity index (χ0n) is 44.7. The zero-order valence-corrected chi connectivity index (χ0v) is 44.7. The molecule has 0 saturated carbocycles. The number of rotatable bonds is 45. The molecule has 2 aliphatic heterocycles. The molecule has 2 aliphatic rings. The molecule has 0 spiro atoms.